The van der Waals surface area contributed by atoms with E-state index in [1.807, 2.05) is 0 Å². The predicted octanol–water partition coefficient (Wildman–Crippen LogP) is 6.63. The highest BCUT2D eigenvalue weighted by Gasteiger charge is 2.24. The van der Waals surface area contributed by atoms with Crippen molar-refractivity contribution in [2.75, 3.05) is 32.6 Å². The highest BCUT2D eigenvalue weighted by Crippen LogP contribution is 2.46. The fourth-order valence-electron chi connectivity index (χ4n) is 4.62. The molecule has 0 aliphatic heterocycles. The molecule has 0 fully saturated rings. The van der Waals surface area contributed by atoms with Crippen molar-refractivity contribution in [2.45, 2.75) is 30.6 Å². The van der Waals surface area contributed by atoms with Gasteiger partial charge < -0.3 is 19.9 Å². The van der Waals surface area contributed by atoms with Crippen molar-refractivity contribution >= 4 is 65.3 Å². The standard InChI is InChI=1S/C30H32N6O9S2/c1-6-36(7-2)46(39,40)21-13-11-20(12-14-21)32-33-23-16-26(45-5)24(17-25(23)44-4)34-35-29-27(47(41,42)43)15-19-9-8-10-22(31-18(3)37)28(19)30(29)38/h8-17,38H,6-7H2,1-5H3,(H,31,37)(H,41,42,43). The number of methoxy groups -OCH3 is 2. The van der Waals surface area contributed by atoms with Gasteiger partial charge in [-0.2, -0.15) is 17.8 Å². The lowest BCUT2D eigenvalue weighted by Crippen LogP contribution is -2.30. The van der Waals surface area contributed by atoms with Gasteiger partial charge in [0, 0.05) is 37.5 Å². The molecule has 47 heavy (non-hydrogen) atoms. The molecule has 4 aromatic rings. The Kier molecular flexibility index (Phi) is 10.5. The van der Waals surface area contributed by atoms with Gasteiger partial charge in [0.15, 0.2) is 5.75 Å². The molecule has 1 amide bonds. The van der Waals surface area contributed by atoms with Gasteiger partial charge in [0.05, 0.1) is 30.5 Å². The van der Waals surface area contributed by atoms with Gasteiger partial charge in [-0.1, -0.05) is 26.0 Å². The van der Waals surface area contributed by atoms with E-state index in [9.17, 15) is 31.3 Å². The quantitative estimate of drug-likeness (QED) is 0.108. The van der Waals surface area contributed by atoms with Gasteiger partial charge >= 0.3 is 0 Å². The Morgan fingerprint density at radius 2 is 1.43 bits per heavy atom. The summed E-state index contributed by atoms with van der Waals surface area (Å²) in [5.41, 5.74) is 0.186. The number of anilines is 1. The third-order valence-electron chi connectivity index (χ3n) is 6.86. The van der Waals surface area contributed by atoms with E-state index in [4.69, 9.17) is 9.47 Å². The van der Waals surface area contributed by atoms with Gasteiger partial charge in [0.25, 0.3) is 10.1 Å². The van der Waals surface area contributed by atoms with E-state index in [1.54, 1.807) is 13.8 Å². The first-order valence-corrected chi connectivity index (χ1v) is 16.9. The third-order valence-corrected chi connectivity index (χ3v) is 9.79. The van der Waals surface area contributed by atoms with Gasteiger partial charge in [-0.15, -0.1) is 15.3 Å². The molecule has 15 nitrogen and oxygen atoms in total. The van der Waals surface area contributed by atoms with Crippen molar-refractivity contribution in [3.05, 3.63) is 60.7 Å². The summed E-state index contributed by atoms with van der Waals surface area (Å²) >= 11 is 0. The van der Waals surface area contributed by atoms with E-state index < -0.39 is 42.4 Å². The molecule has 0 unspecified atom stereocenters. The van der Waals surface area contributed by atoms with Crippen molar-refractivity contribution in [2.24, 2.45) is 20.5 Å². The Morgan fingerprint density at radius 1 is 0.851 bits per heavy atom. The monoisotopic (exact) mass is 684 g/mol. The minimum atomic E-state index is -4.90. The fraction of sp³-hybridized carbons (Fsp3) is 0.233. The molecule has 0 spiro atoms. The van der Waals surface area contributed by atoms with Crippen LogP contribution in [-0.2, 0) is 24.9 Å². The number of fused-ring (bicyclic) bond motifs is 1. The number of azo groups is 2. The summed E-state index contributed by atoms with van der Waals surface area (Å²) in [4.78, 5) is 11.1. The molecular formula is C30H32N6O9S2. The Labute approximate surface area is 271 Å². The fourth-order valence-corrected chi connectivity index (χ4v) is 6.74. The molecule has 0 saturated heterocycles. The van der Waals surface area contributed by atoms with Crippen molar-refractivity contribution in [1.29, 1.82) is 0 Å². The van der Waals surface area contributed by atoms with Gasteiger partial charge in [0.2, 0.25) is 15.9 Å². The minimum Gasteiger partial charge on any atom is -0.505 e. The molecule has 0 atom stereocenters. The summed E-state index contributed by atoms with van der Waals surface area (Å²) in [6, 6.07) is 14.3. The molecule has 0 aliphatic carbocycles. The third kappa shape index (κ3) is 7.54. The van der Waals surface area contributed by atoms with Crippen LogP contribution in [0.3, 0.4) is 0 Å². The number of phenols is 1. The van der Waals surface area contributed by atoms with Crippen LogP contribution in [0.2, 0.25) is 0 Å². The molecule has 0 heterocycles. The summed E-state index contributed by atoms with van der Waals surface area (Å²) in [5.74, 6) is -0.824. The molecule has 3 N–H and O–H groups in total. The van der Waals surface area contributed by atoms with Crippen LogP contribution in [0.4, 0.5) is 28.4 Å². The van der Waals surface area contributed by atoms with Gasteiger partial charge in [-0.25, -0.2) is 8.42 Å². The molecule has 17 heteroatoms. The number of nitrogens with zero attached hydrogens (tertiary/aromatic N) is 5. The summed E-state index contributed by atoms with van der Waals surface area (Å²) in [7, 11) is -5.83. The maximum atomic E-state index is 12.8. The summed E-state index contributed by atoms with van der Waals surface area (Å²) in [6.45, 7) is 5.45. The van der Waals surface area contributed by atoms with Crippen LogP contribution in [0.25, 0.3) is 10.8 Å². The van der Waals surface area contributed by atoms with Crippen LogP contribution < -0.4 is 14.8 Å². The zero-order valence-corrected chi connectivity index (χ0v) is 27.6. The van der Waals surface area contributed by atoms with E-state index >= 15 is 0 Å². The average molecular weight is 685 g/mol. The van der Waals surface area contributed by atoms with Crippen LogP contribution >= 0.6 is 0 Å². The first kappa shape index (κ1) is 34.9. The molecule has 0 aromatic heterocycles. The number of amides is 1. The van der Waals surface area contributed by atoms with Crippen LogP contribution in [-0.4, -0.2) is 64.0 Å². The first-order chi connectivity index (χ1) is 22.2. The summed E-state index contributed by atoms with van der Waals surface area (Å²) in [5, 5.41) is 30.4. The van der Waals surface area contributed by atoms with Crippen molar-refractivity contribution in [3.63, 3.8) is 0 Å². The maximum Gasteiger partial charge on any atom is 0.296 e. The second kappa shape index (κ2) is 14.2. The second-order valence-electron chi connectivity index (χ2n) is 9.81. The van der Waals surface area contributed by atoms with Crippen molar-refractivity contribution in [3.8, 4) is 17.2 Å². The predicted molar refractivity (Wildman–Crippen MR) is 174 cm³/mol. The number of benzene rings is 4. The normalized spacial score (nSPS) is 12.3. The van der Waals surface area contributed by atoms with Crippen molar-refractivity contribution in [1.82, 2.24) is 4.31 Å². The Morgan fingerprint density at radius 3 is 1.94 bits per heavy atom. The van der Waals surface area contributed by atoms with Crippen molar-refractivity contribution < 1.29 is 40.8 Å². The maximum absolute atomic E-state index is 12.8. The Balaban J connectivity index is 1.74. The molecule has 4 rings (SSSR count). The zero-order chi connectivity index (χ0) is 34.5. The van der Waals surface area contributed by atoms with Crippen LogP contribution in [0, 0.1) is 0 Å². The molecule has 0 saturated carbocycles. The lowest BCUT2D eigenvalue weighted by atomic mass is 10.1. The second-order valence-corrected chi connectivity index (χ2v) is 13.1. The van der Waals surface area contributed by atoms with E-state index in [1.165, 1.54) is 80.0 Å². The Bertz CT molecular complexity index is 2100. The number of hydrogen-bond donors (Lipinski definition) is 3. The van der Waals surface area contributed by atoms with Crippen LogP contribution in [0.15, 0.2) is 90.9 Å². The largest absolute Gasteiger partial charge is 0.505 e. The minimum absolute atomic E-state index is 0.0326. The number of aromatic hydroxyl groups is 1. The lowest BCUT2D eigenvalue weighted by Gasteiger charge is -2.18. The number of carbonyl (C=O) groups is 1. The number of phenolic OH excluding ortho intramolecular Hbond substituents is 1. The van der Waals surface area contributed by atoms with E-state index in [2.05, 4.69) is 25.8 Å². The average Bonchev–Trinajstić information content (AvgIpc) is 3.03. The number of sulfonamides is 1. The van der Waals surface area contributed by atoms with Gasteiger partial charge in [-0.3, -0.25) is 9.35 Å². The number of nitrogens with one attached hydrogen (secondary N) is 1. The molecule has 0 bridgehead atoms. The molecule has 0 aliphatic rings. The van der Waals surface area contributed by atoms with Crippen LogP contribution in [0.5, 0.6) is 17.2 Å². The summed E-state index contributed by atoms with van der Waals surface area (Å²) < 4.78 is 72.2. The Hall–Kier alpha value is -4.97. The highest BCUT2D eigenvalue weighted by molar-refractivity contribution is 7.89. The molecule has 0 radical (unpaired) electrons. The number of rotatable bonds is 12. The zero-order valence-electron chi connectivity index (χ0n) is 26.0. The molecule has 4 aromatic carbocycles. The molecule has 248 valence electrons. The number of hydrogen-bond acceptors (Lipinski definition) is 12. The summed E-state index contributed by atoms with van der Waals surface area (Å²) in [6.07, 6.45) is 0. The molecular weight excluding hydrogens is 652 g/mol. The van der Waals surface area contributed by atoms with E-state index in [-0.39, 0.29) is 44.2 Å². The van der Waals surface area contributed by atoms with E-state index in [0.717, 1.165) is 6.07 Å². The first-order valence-electron chi connectivity index (χ1n) is 14.0. The number of carbonyl (C=O) groups excluding carboxylic acids is 1. The van der Waals surface area contributed by atoms with Gasteiger partial charge in [-0.05, 0) is 41.8 Å². The lowest BCUT2D eigenvalue weighted by molar-refractivity contribution is -0.114. The highest BCUT2D eigenvalue weighted by atomic mass is 32.2. The van der Waals surface area contributed by atoms with E-state index in [0.29, 0.717) is 18.8 Å². The van der Waals surface area contributed by atoms with Gasteiger partial charge in [0.1, 0.15) is 33.5 Å². The number of ether oxygens (including phenoxy) is 2. The smallest absolute Gasteiger partial charge is 0.296 e. The topological polar surface area (TPSA) is 209 Å². The SMILES string of the molecule is CCN(CC)S(=O)(=O)c1ccc(N=Nc2cc(OC)c(N=Nc3c(S(=O)(=O)O)cc4cccc(NC(C)=O)c4c3O)cc2OC)cc1. The van der Waals surface area contributed by atoms with Crippen LogP contribution in [0.1, 0.15) is 20.8 Å².